The molecule has 0 spiro atoms. The van der Waals surface area contributed by atoms with E-state index in [2.05, 4.69) is 28.9 Å². The summed E-state index contributed by atoms with van der Waals surface area (Å²) >= 11 is 5.14. The van der Waals surface area contributed by atoms with Crippen molar-refractivity contribution >= 4 is 33.2 Å². The van der Waals surface area contributed by atoms with Crippen molar-refractivity contribution in [3.05, 3.63) is 20.8 Å². The summed E-state index contributed by atoms with van der Waals surface area (Å²) in [5, 5.41) is 0. The van der Waals surface area contributed by atoms with Crippen LogP contribution in [-0.2, 0) is 11.2 Å². The van der Waals surface area contributed by atoms with E-state index in [4.69, 9.17) is 5.73 Å². The smallest absolute Gasteiger partial charge is 0.223 e. The minimum Gasteiger partial charge on any atom is -0.336 e. The Morgan fingerprint density at radius 3 is 3.00 bits per heavy atom. The summed E-state index contributed by atoms with van der Waals surface area (Å²) in [5.41, 5.74) is 5.69. The van der Waals surface area contributed by atoms with E-state index in [1.807, 2.05) is 11.0 Å². The summed E-state index contributed by atoms with van der Waals surface area (Å²) in [7, 11) is 0. The number of aryl methyl sites for hydroxylation is 1. The zero-order valence-electron chi connectivity index (χ0n) is 10.6. The first-order valence-corrected chi connectivity index (χ1v) is 7.91. The Labute approximate surface area is 120 Å². The third-order valence-electron chi connectivity index (χ3n) is 3.70. The zero-order valence-corrected chi connectivity index (χ0v) is 13.0. The van der Waals surface area contributed by atoms with E-state index in [9.17, 15) is 4.79 Å². The molecule has 1 amide bonds. The molecule has 0 aromatic carbocycles. The molecule has 2 N–H and O–H groups in total. The fraction of sp³-hybridized carbons (Fsp3) is 0.615. The van der Waals surface area contributed by atoms with Crippen LogP contribution in [0.15, 0.2) is 15.9 Å². The van der Waals surface area contributed by atoms with Crippen molar-refractivity contribution in [2.45, 2.75) is 38.1 Å². The van der Waals surface area contributed by atoms with Crippen LogP contribution < -0.4 is 5.73 Å². The van der Waals surface area contributed by atoms with E-state index in [1.165, 1.54) is 4.88 Å². The van der Waals surface area contributed by atoms with Crippen LogP contribution in [0, 0.1) is 0 Å². The second kappa shape index (κ2) is 5.72. The SMILES string of the molecule is CC1(CN)CCCN1C(=O)CCc1ccc(Br)s1. The Kier molecular flexibility index (Phi) is 4.45. The van der Waals surface area contributed by atoms with Crippen molar-refractivity contribution in [1.29, 1.82) is 0 Å². The van der Waals surface area contributed by atoms with Crippen LogP contribution in [0.5, 0.6) is 0 Å². The van der Waals surface area contributed by atoms with Crippen molar-refractivity contribution in [2.24, 2.45) is 5.73 Å². The molecule has 5 heteroatoms. The predicted octanol–water partition coefficient (Wildman–Crippen LogP) is 2.78. The fourth-order valence-corrected chi connectivity index (χ4v) is 3.99. The molecule has 100 valence electrons. The van der Waals surface area contributed by atoms with Crippen LogP contribution in [0.4, 0.5) is 0 Å². The number of nitrogens with zero attached hydrogens (tertiary/aromatic N) is 1. The van der Waals surface area contributed by atoms with Gasteiger partial charge in [0.2, 0.25) is 5.91 Å². The Hall–Kier alpha value is -0.390. The number of halogens is 1. The summed E-state index contributed by atoms with van der Waals surface area (Å²) < 4.78 is 1.12. The van der Waals surface area contributed by atoms with E-state index in [1.54, 1.807) is 11.3 Å². The van der Waals surface area contributed by atoms with E-state index < -0.39 is 0 Å². The molecular formula is C13H19BrN2OS. The molecular weight excluding hydrogens is 312 g/mol. The Morgan fingerprint density at radius 2 is 2.39 bits per heavy atom. The molecule has 2 rings (SSSR count). The molecule has 18 heavy (non-hydrogen) atoms. The van der Waals surface area contributed by atoms with Gasteiger partial charge in [0.15, 0.2) is 0 Å². The highest BCUT2D eigenvalue weighted by molar-refractivity contribution is 9.11. The van der Waals surface area contributed by atoms with Gasteiger partial charge in [-0.05, 0) is 54.2 Å². The van der Waals surface area contributed by atoms with Gasteiger partial charge in [0.25, 0.3) is 0 Å². The van der Waals surface area contributed by atoms with Gasteiger partial charge in [-0.3, -0.25) is 4.79 Å². The maximum Gasteiger partial charge on any atom is 0.223 e. The third-order valence-corrected chi connectivity index (χ3v) is 5.39. The van der Waals surface area contributed by atoms with E-state index >= 15 is 0 Å². The van der Waals surface area contributed by atoms with Gasteiger partial charge in [-0.25, -0.2) is 0 Å². The third kappa shape index (κ3) is 2.95. The average Bonchev–Trinajstić information content (AvgIpc) is 2.93. The van der Waals surface area contributed by atoms with E-state index in [0.29, 0.717) is 13.0 Å². The quantitative estimate of drug-likeness (QED) is 0.922. The number of nitrogens with two attached hydrogens (primary N) is 1. The van der Waals surface area contributed by atoms with Crippen molar-refractivity contribution in [2.75, 3.05) is 13.1 Å². The topological polar surface area (TPSA) is 46.3 Å². The molecule has 1 aliphatic heterocycles. The minimum absolute atomic E-state index is 0.118. The van der Waals surface area contributed by atoms with Crippen molar-refractivity contribution in [3.8, 4) is 0 Å². The lowest BCUT2D eigenvalue weighted by molar-refractivity contribution is -0.134. The Bertz CT molecular complexity index is 434. The predicted molar refractivity (Wildman–Crippen MR) is 78.7 cm³/mol. The molecule has 1 saturated heterocycles. The number of hydrogen-bond acceptors (Lipinski definition) is 3. The van der Waals surface area contributed by atoms with E-state index in [0.717, 1.165) is 29.6 Å². The summed E-state index contributed by atoms with van der Waals surface area (Å²) in [6.45, 7) is 3.52. The molecule has 2 heterocycles. The number of hydrogen-bond donors (Lipinski definition) is 1. The van der Waals surface area contributed by atoms with Crippen LogP contribution in [0.3, 0.4) is 0 Å². The fourth-order valence-electron chi connectivity index (χ4n) is 2.51. The molecule has 0 radical (unpaired) electrons. The van der Waals surface area contributed by atoms with Gasteiger partial charge < -0.3 is 10.6 Å². The van der Waals surface area contributed by atoms with Crippen molar-refractivity contribution in [3.63, 3.8) is 0 Å². The lowest BCUT2D eigenvalue weighted by Crippen LogP contribution is -2.50. The largest absolute Gasteiger partial charge is 0.336 e. The molecule has 1 aromatic rings. The van der Waals surface area contributed by atoms with Gasteiger partial charge in [0, 0.05) is 24.4 Å². The van der Waals surface area contributed by atoms with Crippen LogP contribution in [0.2, 0.25) is 0 Å². The maximum atomic E-state index is 12.3. The van der Waals surface area contributed by atoms with Gasteiger partial charge in [-0.2, -0.15) is 0 Å². The molecule has 0 bridgehead atoms. The zero-order chi connectivity index (χ0) is 13.2. The van der Waals surface area contributed by atoms with Crippen LogP contribution in [-0.4, -0.2) is 29.4 Å². The molecule has 1 atom stereocenters. The highest BCUT2D eigenvalue weighted by Gasteiger charge is 2.37. The van der Waals surface area contributed by atoms with Gasteiger partial charge in [0.05, 0.1) is 9.33 Å². The molecule has 3 nitrogen and oxygen atoms in total. The highest BCUT2D eigenvalue weighted by Crippen LogP contribution is 2.29. The van der Waals surface area contributed by atoms with Gasteiger partial charge >= 0.3 is 0 Å². The average molecular weight is 331 g/mol. The van der Waals surface area contributed by atoms with E-state index in [-0.39, 0.29) is 11.4 Å². The second-order valence-corrected chi connectivity index (χ2v) is 7.60. The molecule has 1 aromatic heterocycles. The van der Waals surface area contributed by atoms with Crippen molar-refractivity contribution in [1.82, 2.24) is 4.90 Å². The minimum atomic E-state index is -0.118. The molecule has 0 saturated carbocycles. The van der Waals surface area contributed by atoms with Gasteiger partial charge in [0.1, 0.15) is 0 Å². The lowest BCUT2D eigenvalue weighted by Gasteiger charge is -2.34. The second-order valence-electron chi connectivity index (χ2n) is 5.06. The normalized spacial score (nSPS) is 23.6. The van der Waals surface area contributed by atoms with Gasteiger partial charge in [-0.1, -0.05) is 0 Å². The first kappa shape index (κ1) is 14.0. The number of thiophene rings is 1. The number of likely N-dealkylation sites (tertiary alicyclic amines) is 1. The number of amides is 1. The Morgan fingerprint density at radius 1 is 1.61 bits per heavy atom. The molecule has 1 unspecified atom stereocenters. The summed E-state index contributed by atoms with van der Waals surface area (Å²) in [6, 6.07) is 4.11. The molecule has 1 fully saturated rings. The Balaban J connectivity index is 1.92. The lowest BCUT2D eigenvalue weighted by atomic mass is 9.99. The van der Waals surface area contributed by atoms with Gasteiger partial charge in [-0.15, -0.1) is 11.3 Å². The summed E-state index contributed by atoms with van der Waals surface area (Å²) in [5.74, 6) is 0.241. The summed E-state index contributed by atoms with van der Waals surface area (Å²) in [4.78, 5) is 15.5. The van der Waals surface area contributed by atoms with Crippen LogP contribution in [0.25, 0.3) is 0 Å². The monoisotopic (exact) mass is 330 g/mol. The first-order chi connectivity index (χ1) is 8.55. The van der Waals surface area contributed by atoms with Crippen LogP contribution >= 0.6 is 27.3 Å². The highest BCUT2D eigenvalue weighted by atomic mass is 79.9. The number of carbonyl (C=O) groups excluding carboxylic acids is 1. The molecule has 1 aliphatic rings. The first-order valence-electron chi connectivity index (χ1n) is 6.30. The standard InChI is InChI=1S/C13H19BrN2OS/c1-13(9-15)7-2-8-16(13)12(17)6-4-10-3-5-11(14)18-10/h3,5H,2,4,6-9,15H2,1H3. The summed E-state index contributed by atoms with van der Waals surface area (Å²) in [6.07, 6.45) is 3.51. The number of rotatable bonds is 4. The van der Waals surface area contributed by atoms with Crippen molar-refractivity contribution < 1.29 is 4.79 Å². The van der Waals surface area contributed by atoms with Crippen LogP contribution in [0.1, 0.15) is 31.1 Å². The maximum absolute atomic E-state index is 12.3. The molecule has 0 aliphatic carbocycles. The number of carbonyl (C=O) groups is 1.